The first kappa shape index (κ1) is 23.7. The van der Waals surface area contributed by atoms with Crippen molar-refractivity contribution in [3.05, 3.63) is 100 Å². The molecule has 1 fully saturated rings. The molecular formula is C32H32N2O3. The van der Waals surface area contributed by atoms with Gasteiger partial charge in [0.05, 0.1) is 11.8 Å². The summed E-state index contributed by atoms with van der Waals surface area (Å²) in [4.78, 5) is 43.5. The molecule has 0 spiro atoms. The Kier molecular flexibility index (Phi) is 5.55. The van der Waals surface area contributed by atoms with Gasteiger partial charge in [-0.1, -0.05) is 80.6 Å². The quantitative estimate of drug-likeness (QED) is 0.475. The molecule has 1 aliphatic heterocycles. The zero-order valence-corrected chi connectivity index (χ0v) is 21.7. The SMILES string of the molecule is Cc1cccc(C)c1NC(=O)[C@@H](CC(C)C)N1C(=O)[C@@H]2C3c4ccccc4C(c4ccccc43)[C@@H]2C1=O. The van der Waals surface area contributed by atoms with Crippen LogP contribution in [0.25, 0.3) is 0 Å². The van der Waals surface area contributed by atoms with E-state index in [0.29, 0.717) is 6.42 Å². The molecule has 3 atom stereocenters. The fourth-order valence-corrected chi connectivity index (χ4v) is 7.00. The van der Waals surface area contributed by atoms with Gasteiger partial charge >= 0.3 is 0 Å². The van der Waals surface area contributed by atoms with Crippen molar-refractivity contribution in [3.8, 4) is 0 Å². The zero-order chi connectivity index (χ0) is 26.0. The van der Waals surface area contributed by atoms with Crippen molar-refractivity contribution in [2.75, 3.05) is 5.32 Å². The zero-order valence-electron chi connectivity index (χ0n) is 21.7. The number of imide groups is 1. The second-order valence-electron chi connectivity index (χ2n) is 11.2. The summed E-state index contributed by atoms with van der Waals surface area (Å²) in [6.45, 7) is 7.94. The van der Waals surface area contributed by atoms with Crippen LogP contribution in [-0.4, -0.2) is 28.7 Å². The van der Waals surface area contributed by atoms with E-state index in [1.165, 1.54) is 4.90 Å². The van der Waals surface area contributed by atoms with Crippen molar-refractivity contribution >= 4 is 23.4 Å². The fourth-order valence-electron chi connectivity index (χ4n) is 7.00. The third kappa shape index (κ3) is 3.47. The number of hydrogen-bond donors (Lipinski definition) is 1. The smallest absolute Gasteiger partial charge is 0.247 e. The third-order valence-corrected chi connectivity index (χ3v) is 8.52. The second-order valence-corrected chi connectivity index (χ2v) is 11.2. The molecule has 7 rings (SSSR count). The minimum Gasteiger partial charge on any atom is -0.324 e. The van der Waals surface area contributed by atoms with E-state index in [-0.39, 0.29) is 35.5 Å². The Morgan fingerprint density at radius 3 is 1.59 bits per heavy atom. The van der Waals surface area contributed by atoms with Gasteiger partial charge < -0.3 is 5.32 Å². The summed E-state index contributed by atoms with van der Waals surface area (Å²) in [6, 6.07) is 21.4. The highest BCUT2D eigenvalue weighted by Crippen LogP contribution is 2.61. The highest BCUT2D eigenvalue weighted by molar-refractivity contribution is 6.12. The predicted octanol–water partition coefficient (Wildman–Crippen LogP) is 5.55. The van der Waals surface area contributed by atoms with Crippen LogP contribution in [0.4, 0.5) is 5.69 Å². The summed E-state index contributed by atoms with van der Waals surface area (Å²) >= 11 is 0. The summed E-state index contributed by atoms with van der Waals surface area (Å²) < 4.78 is 0. The topological polar surface area (TPSA) is 66.5 Å². The lowest BCUT2D eigenvalue weighted by Gasteiger charge is -2.45. The van der Waals surface area contributed by atoms with E-state index in [4.69, 9.17) is 0 Å². The predicted molar refractivity (Wildman–Crippen MR) is 143 cm³/mol. The van der Waals surface area contributed by atoms with Gasteiger partial charge in [0.25, 0.3) is 0 Å². The van der Waals surface area contributed by atoms with Crippen LogP contribution in [0.15, 0.2) is 66.7 Å². The maximum atomic E-state index is 14.2. The fraction of sp³-hybridized carbons (Fsp3) is 0.344. The first-order valence-corrected chi connectivity index (χ1v) is 13.2. The summed E-state index contributed by atoms with van der Waals surface area (Å²) in [6.07, 6.45) is 0.420. The van der Waals surface area contributed by atoms with Crippen molar-refractivity contribution in [3.63, 3.8) is 0 Å². The molecule has 2 bridgehead atoms. The number of carbonyl (C=O) groups is 3. The first-order chi connectivity index (χ1) is 17.8. The van der Waals surface area contributed by atoms with Crippen molar-refractivity contribution < 1.29 is 14.4 Å². The maximum Gasteiger partial charge on any atom is 0.247 e. The number of rotatable bonds is 5. The van der Waals surface area contributed by atoms with Crippen LogP contribution in [0.3, 0.4) is 0 Å². The van der Waals surface area contributed by atoms with Crippen molar-refractivity contribution in [1.82, 2.24) is 4.90 Å². The van der Waals surface area contributed by atoms with E-state index < -0.39 is 17.9 Å². The van der Waals surface area contributed by atoms with Gasteiger partial charge in [-0.15, -0.1) is 0 Å². The van der Waals surface area contributed by atoms with E-state index in [1.807, 2.05) is 70.2 Å². The standard InChI is InChI=1S/C32H32N2O3/c1-17(2)16-24(30(35)33-29-18(3)10-9-11-19(29)4)34-31(36)27-25-20-12-5-6-13-21(20)26(28(27)32(34)37)23-15-8-7-14-22(23)25/h5-15,17,24-28H,16H2,1-4H3,(H,33,35)/t24-,25?,26?,27-,28+/m1/s1. The van der Waals surface area contributed by atoms with Crippen LogP contribution in [-0.2, 0) is 14.4 Å². The van der Waals surface area contributed by atoms with E-state index in [0.717, 1.165) is 39.1 Å². The monoisotopic (exact) mass is 492 g/mol. The first-order valence-electron chi connectivity index (χ1n) is 13.2. The van der Waals surface area contributed by atoms with Gasteiger partial charge in [0.1, 0.15) is 6.04 Å². The molecule has 188 valence electrons. The average Bonchev–Trinajstić information content (AvgIpc) is 3.15. The average molecular weight is 493 g/mol. The number of nitrogens with one attached hydrogen (secondary N) is 1. The van der Waals surface area contributed by atoms with Gasteiger partial charge in [0.15, 0.2) is 0 Å². The number of likely N-dealkylation sites (tertiary alicyclic amines) is 1. The van der Waals surface area contributed by atoms with Crippen LogP contribution < -0.4 is 5.32 Å². The summed E-state index contributed by atoms with van der Waals surface area (Å²) in [5.74, 6) is -1.91. The van der Waals surface area contributed by atoms with Crippen LogP contribution in [0.5, 0.6) is 0 Å². The summed E-state index contributed by atoms with van der Waals surface area (Å²) in [5.41, 5.74) is 7.19. The highest BCUT2D eigenvalue weighted by atomic mass is 16.2. The Bertz CT molecular complexity index is 1310. The molecule has 37 heavy (non-hydrogen) atoms. The molecule has 1 N–H and O–H groups in total. The number of carbonyl (C=O) groups excluding carboxylic acids is 3. The molecular weight excluding hydrogens is 460 g/mol. The van der Waals surface area contributed by atoms with Gasteiger partial charge in [-0.05, 0) is 59.6 Å². The molecule has 0 radical (unpaired) electrons. The summed E-state index contributed by atoms with van der Waals surface area (Å²) in [7, 11) is 0. The van der Waals surface area contributed by atoms with Gasteiger partial charge in [0.2, 0.25) is 17.7 Å². The van der Waals surface area contributed by atoms with Crippen LogP contribution in [0.2, 0.25) is 0 Å². The van der Waals surface area contributed by atoms with Gasteiger partial charge in [0, 0.05) is 17.5 Å². The molecule has 4 aliphatic rings. The van der Waals surface area contributed by atoms with Crippen molar-refractivity contribution in [2.45, 2.75) is 52.0 Å². The van der Waals surface area contributed by atoms with Crippen LogP contribution >= 0.6 is 0 Å². The largest absolute Gasteiger partial charge is 0.324 e. The number of hydrogen-bond acceptors (Lipinski definition) is 3. The Labute approximate surface area is 217 Å². The Hall–Kier alpha value is -3.73. The maximum absolute atomic E-state index is 14.2. The molecule has 1 saturated heterocycles. The molecule has 5 heteroatoms. The van der Waals surface area contributed by atoms with Gasteiger partial charge in [-0.3, -0.25) is 19.3 Å². The molecule has 3 aliphatic carbocycles. The Balaban J connectivity index is 1.42. The molecule has 1 heterocycles. The number of nitrogens with zero attached hydrogens (tertiary/aromatic N) is 1. The molecule has 0 aromatic heterocycles. The minimum atomic E-state index is -0.852. The van der Waals surface area contributed by atoms with Crippen LogP contribution in [0, 0.1) is 31.6 Å². The third-order valence-electron chi connectivity index (χ3n) is 8.52. The van der Waals surface area contributed by atoms with E-state index in [2.05, 4.69) is 29.6 Å². The lowest BCUT2D eigenvalue weighted by molar-refractivity contribution is -0.147. The molecule has 5 nitrogen and oxygen atoms in total. The Morgan fingerprint density at radius 1 is 0.757 bits per heavy atom. The van der Waals surface area contributed by atoms with Gasteiger partial charge in [-0.25, -0.2) is 0 Å². The molecule has 0 unspecified atom stereocenters. The van der Waals surface area contributed by atoms with E-state index in [9.17, 15) is 14.4 Å². The van der Waals surface area contributed by atoms with Crippen LogP contribution in [0.1, 0.15) is 65.5 Å². The Morgan fingerprint density at radius 2 is 1.19 bits per heavy atom. The summed E-state index contributed by atoms with van der Waals surface area (Å²) in [5, 5.41) is 3.07. The number of amides is 3. The molecule has 3 amide bonds. The van der Waals surface area contributed by atoms with Gasteiger partial charge in [-0.2, -0.15) is 0 Å². The lowest BCUT2D eigenvalue weighted by atomic mass is 9.55. The highest BCUT2D eigenvalue weighted by Gasteiger charge is 2.63. The number of anilines is 1. The van der Waals surface area contributed by atoms with Crippen molar-refractivity contribution in [2.24, 2.45) is 17.8 Å². The molecule has 3 aromatic rings. The molecule has 0 saturated carbocycles. The minimum absolute atomic E-state index is 0.128. The van der Waals surface area contributed by atoms with E-state index >= 15 is 0 Å². The number of aryl methyl sites for hydroxylation is 2. The number of para-hydroxylation sites is 1. The van der Waals surface area contributed by atoms with Crippen molar-refractivity contribution in [1.29, 1.82) is 0 Å². The lowest BCUT2D eigenvalue weighted by Crippen LogP contribution is -2.48. The second kappa shape index (κ2) is 8.69. The van der Waals surface area contributed by atoms with E-state index in [1.54, 1.807) is 0 Å². The molecule has 3 aromatic carbocycles. The number of benzene rings is 3. The normalized spacial score (nSPS) is 24.1.